The van der Waals surface area contributed by atoms with Crippen LogP contribution in [0, 0.1) is 5.92 Å². The Kier molecular flexibility index (Phi) is 6.19. The van der Waals surface area contributed by atoms with Crippen molar-refractivity contribution in [1.82, 2.24) is 5.32 Å². The van der Waals surface area contributed by atoms with Gasteiger partial charge >= 0.3 is 0 Å². The summed E-state index contributed by atoms with van der Waals surface area (Å²) in [5, 5.41) is 2.89. The molecule has 1 atom stereocenters. The van der Waals surface area contributed by atoms with Crippen LogP contribution in [0.5, 0.6) is 0 Å². The van der Waals surface area contributed by atoms with Gasteiger partial charge < -0.3 is 11.1 Å². The Labute approximate surface area is 103 Å². The average Bonchev–Trinajstić information content (AvgIpc) is 2.81. The van der Waals surface area contributed by atoms with Crippen molar-refractivity contribution in [2.45, 2.75) is 57.9 Å². The second kappa shape index (κ2) is 7.43. The quantitative estimate of drug-likeness (QED) is 0.660. The first-order valence-electron chi connectivity index (χ1n) is 6.66. The van der Waals surface area contributed by atoms with Crippen molar-refractivity contribution in [2.75, 3.05) is 6.54 Å². The highest BCUT2D eigenvalue weighted by Crippen LogP contribution is 2.24. The highest BCUT2D eigenvalue weighted by molar-refractivity contribution is 5.88. The number of amides is 1. The van der Waals surface area contributed by atoms with Crippen LogP contribution in [0.1, 0.15) is 51.9 Å². The second-order valence-corrected chi connectivity index (χ2v) is 4.94. The van der Waals surface area contributed by atoms with Crippen LogP contribution in [0.25, 0.3) is 0 Å². The third-order valence-corrected chi connectivity index (χ3v) is 3.48. The van der Waals surface area contributed by atoms with Gasteiger partial charge in [-0.3, -0.25) is 9.59 Å². The van der Waals surface area contributed by atoms with E-state index in [1.807, 2.05) is 0 Å². The lowest BCUT2D eigenvalue weighted by molar-refractivity contribution is -0.129. The summed E-state index contributed by atoms with van der Waals surface area (Å²) in [7, 11) is 0. The summed E-state index contributed by atoms with van der Waals surface area (Å²) < 4.78 is 0. The number of hydrogen-bond acceptors (Lipinski definition) is 3. The monoisotopic (exact) mass is 240 g/mol. The number of nitrogens with two attached hydrogens (primary N) is 1. The highest BCUT2D eigenvalue weighted by Gasteiger charge is 2.25. The van der Waals surface area contributed by atoms with Gasteiger partial charge in [0.1, 0.15) is 0 Å². The number of unbranched alkanes of at least 4 members (excludes halogenated alkanes) is 1. The molecule has 1 aliphatic rings. The van der Waals surface area contributed by atoms with Gasteiger partial charge in [0.2, 0.25) is 5.91 Å². The Balaban J connectivity index is 2.36. The molecule has 1 aliphatic carbocycles. The molecule has 4 nitrogen and oxygen atoms in total. The first-order chi connectivity index (χ1) is 8.15. The normalized spacial score (nSPS) is 18.0. The van der Waals surface area contributed by atoms with Crippen molar-refractivity contribution in [1.29, 1.82) is 0 Å². The Bertz CT molecular complexity index is 260. The van der Waals surface area contributed by atoms with E-state index in [0.717, 1.165) is 38.5 Å². The van der Waals surface area contributed by atoms with E-state index in [1.54, 1.807) is 6.92 Å². The molecular formula is C13H24N2O2. The van der Waals surface area contributed by atoms with Crippen molar-refractivity contribution in [2.24, 2.45) is 11.7 Å². The molecule has 0 bridgehead atoms. The van der Waals surface area contributed by atoms with Crippen molar-refractivity contribution in [3.05, 3.63) is 0 Å². The Morgan fingerprint density at radius 1 is 1.29 bits per heavy atom. The summed E-state index contributed by atoms with van der Waals surface area (Å²) in [6, 6.07) is -0.311. The summed E-state index contributed by atoms with van der Waals surface area (Å²) in [6.45, 7) is 2.18. The lowest BCUT2D eigenvalue weighted by Crippen LogP contribution is -2.42. The Morgan fingerprint density at radius 2 is 1.94 bits per heavy atom. The van der Waals surface area contributed by atoms with Crippen molar-refractivity contribution in [3.8, 4) is 0 Å². The molecule has 1 fully saturated rings. The number of Topliss-reactive ketones (excluding diaryl/α,β-unsaturated/α-hetero) is 1. The summed E-state index contributed by atoms with van der Waals surface area (Å²) in [5.74, 6) is 0.246. The molecule has 0 radical (unpaired) electrons. The molecule has 3 N–H and O–H groups in total. The van der Waals surface area contributed by atoms with E-state index in [1.165, 1.54) is 0 Å². The lowest BCUT2D eigenvalue weighted by atomic mass is 10.0. The molecule has 0 aromatic carbocycles. The zero-order chi connectivity index (χ0) is 12.7. The third-order valence-electron chi connectivity index (χ3n) is 3.48. The fraction of sp³-hybridized carbons (Fsp3) is 0.846. The standard InChI is InChI=1S/C13H24N2O2/c1-10(16)12(8-4-5-9-14)15-13(17)11-6-2-3-7-11/h11-12H,2-9,14H2,1H3,(H,15,17). The molecule has 1 amide bonds. The van der Waals surface area contributed by atoms with Crippen LogP contribution in [0.2, 0.25) is 0 Å². The molecule has 0 spiro atoms. The Hall–Kier alpha value is -0.900. The molecule has 1 unspecified atom stereocenters. The summed E-state index contributed by atoms with van der Waals surface area (Å²) in [5.41, 5.74) is 5.42. The first kappa shape index (κ1) is 14.2. The molecular weight excluding hydrogens is 216 g/mol. The van der Waals surface area contributed by atoms with Crippen LogP contribution < -0.4 is 11.1 Å². The minimum atomic E-state index is -0.311. The van der Waals surface area contributed by atoms with Gasteiger partial charge in [0.05, 0.1) is 6.04 Å². The third kappa shape index (κ3) is 4.86. The van der Waals surface area contributed by atoms with E-state index in [4.69, 9.17) is 5.73 Å². The molecule has 0 heterocycles. The zero-order valence-corrected chi connectivity index (χ0v) is 10.7. The summed E-state index contributed by atoms with van der Waals surface area (Å²) in [6.07, 6.45) is 6.73. The SMILES string of the molecule is CC(=O)C(CCCCN)NC(=O)C1CCCC1. The molecule has 4 heteroatoms. The van der Waals surface area contributed by atoms with Crippen LogP contribution in [0.15, 0.2) is 0 Å². The molecule has 0 aromatic rings. The molecule has 1 saturated carbocycles. The fourth-order valence-corrected chi connectivity index (χ4v) is 2.35. The number of ketones is 1. The summed E-state index contributed by atoms with van der Waals surface area (Å²) >= 11 is 0. The van der Waals surface area contributed by atoms with Gasteiger partial charge in [-0.05, 0) is 45.6 Å². The Morgan fingerprint density at radius 3 is 2.47 bits per heavy atom. The van der Waals surface area contributed by atoms with Gasteiger partial charge in [-0.15, -0.1) is 0 Å². The maximum absolute atomic E-state index is 11.9. The number of hydrogen-bond donors (Lipinski definition) is 2. The first-order valence-corrected chi connectivity index (χ1v) is 6.66. The van der Waals surface area contributed by atoms with E-state index < -0.39 is 0 Å². The topological polar surface area (TPSA) is 72.2 Å². The molecule has 1 rings (SSSR count). The van der Waals surface area contributed by atoms with Crippen molar-refractivity contribution < 1.29 is 9.59 Å². The zero-order valence-electron chi connectivity index (χ0n) is 10.7. The molecule has 98 valence electrons. The largest absolute Gasteiger partial charge is 0.346 e. The van der Waals surface area contributed by atoms with Crippen LogP contribution in [0.3, 0.4) is 0 Å². The van der Waals surface area contributed by atoms with Gasteiger partial charge in [0.25, 0.3) is 0 Å². The van der Waals surface area contributed by atoms with E-state index in [2.05, 4.69) is 5.32 Å². The lowest BCUT2D eigenvalue weighted by Gasteiger charge is -2.18. The van der Waals surface area contributed by atoms with Gasteiger partial charge in [-0.2, -0.15) is 0 Å². The van der Waals surface area contributed by atoms with Crippen LogP contribution in [0.4, 0.5) is 0 Å². The molecule has 0 aromatic heterocycles. The van der Waals surface area contributed by atoms with Crippen molar-refractivity contribution in [3.63, 3.8) is 0 Å². The number of nitrogens with one attached hydrogen (secondary N) is 1. The summed E-state index contributed by atoms with van der Waals surface area (Å²) in [4.78, 5) is 23.3. The average molecular weight is 240 g/mol. The van der Waals surface area contributed by atoms with Crippen LogP contribution >= 0.6 is 0 Å². The van der Waals surface area contributed by atoms with Gasteiger partial charge in [-0.25, -0.2) is 0 Å². The van der Waals surface area contributed by atoms with E-state index in [-0.39, 0.29) is 23.7 Å². The van der Waals surface area contributed by atoms with Crippen LogP contribution in [-0.4, -0.2) is 24.3 Å². The highest BCUT2D eigenvalue weighted by atomic mass is 16.2. The maximum atomic E-state index is 11.9. The molecule has 0 saturated heterocycles. The minimum absolute atomic E-state index is 0.0494. The number of carbonyl (C=O) groups excluding carboxylic acids is 2. The predicted octanol–water partition coefficient (Wildman–Crippen LogP) is 1.38. The maximum Gasteiger partial charge on any atom is 0.223 e. The van der Waals surface area contributed by atoms with Gasteiger partial charge in [-0.1, -0.05) is 12.8 Å². The number of carbonyl (C=O) groups is 2. The van der Waals surface area contributed by atoms with Gasteiger partial charge in [0.15, 0.2) is 5.78 Å². The predicted molar refractivity (Wildman–Crippen MR) is 67.5 cm³/mol. The fourth-order valence-electron chi connectivity index (χ4n) is 2.35. The van der Waals surface area contributed by atoms with E-state index >= 15 is 0 Å². The minimum Gasteiger partial charge on any atom is -0.346 e. The van der Waals surface area contributed by atoms with Crippen LogP contribution in [-0.2, 0) is 9.59 Å². The molecule has 0 aliphatic heterocycles. The van der Waals surface area contributed by atoms with E-state index in [9.17, 15) is 9.59 Å². The second-order valence-electron chi connectivity index (χ2n) is 4.94. The smallest absolute Gasteiger partial charge is 0.223 e. The van der Waals surface area contributed by atoms with Gasteiger partial charge in [0, 0.05) is 5.92 Å². The number of rotatable bonds is 7. The van der Waals surface area contributed by atoms with E-state index in [0.29, 0.717) is 13.0 Å². The van der Waals surface area contributed by atoms with Crippen molar-refractivity contribution >= 4 is 11.7 Å². The molecule has 17 heavy (non-hydrogen) atoms.